The first-order chi connectivity index (χ1) is 13.7. The third-order valence-corrected chi connectivity index (χ3v) is 7.63. The Bertz CT molecular complexity index is 775. The molecule has 2 heterocycles. The lowest BCUT2D eigenvalue weighted by Crippen LogP contribution is -2.54. The van der Waals surface area contributed by atoms with Crippen molar-refractivity contribution in [3.05, 3.63) is 15.6 Å². The highest BCUT2D eigenvalue weighted by Gasteiger charge is 2.28. The summed E-state index contributed by atoms with van der Waals surface area (Å²) < 4.78 is 32.0. The Kier molecular flexibility index (Phi) is 12.1. The van der Waals surface area contributed by atoms with E-state index in [1.807, 2.05) is 34.6 Å². The SMILES string of the molecule is CCNC(=NCCc1sc(C)nc1C)N1CCN(S(=O)(=O)CCOC(C)C)CC1.I. The summed E-state index contributed by atoms with van der Waals surface area (Å²) in [6.07, 6.45) is 0.912. The van der Waals surface area contributed by atoms with Crippen molar-refractivity contribution in [1.29, 1.82) is 0 Å². The number of hydrogen-bond donors (Lipinski definition) is 1. The van der Waals surface area contributed by atoms with Crippen LogP contribution < -0.4 is 5.32 Å². The predicted molar refractivity (Wildman–Crippen MR) is 135 cm³/mol. The zero-order chi connectivity index (χ0) is 21.4. The van der Waals surface area contributed by atoms with Crippen LogP contribution in [0.3, 0.4) is 0 Å². The van der Waals surface area contributed by atoms with Gasteiger partial charge in [-0.05, 0) is 34.6 Å². The smallest absolute Gasteiger partial charge is 0.216 e. The van der Waals surface area contributed by atoms with Gasteiger partial charge in [0.1, 0.15) is 0 Å². The van der Waals surface area contributed by atoms with Crippen LogP contribution in [0.5, 0.6) is 0 Å². The number of guanidine groups is 1. The van der Waals surface area contributed by atoms with Gasteiger partial charge < -0.3 is 15.0 Å². The molecule has 1 aromatic heterocycles. The molecular formula is C19H36IN5O3S2. The summed E-state index contributed by atoms with van der Waals surface area (Å²) >= 11 is 1.73. The Balaban J connectivity index is 0.00000450. The molecule has 0 aliphatic carbocycles. The fourth-order valence-corrected chi connectivity index (χ4v) is 5.40. The fraction of sp³-hybridized carbons (Fsp3) is 0.789. The molecule has 0 spiro atoms. The molecule has 30 heavy (non-hydrogen) atoms. The molecule has 0 radical (unpaired) electrons. The van der Waals surface area contributed by atoms with Crippen LogP contribution >= 0.6 is 35.3 Å². The average molecular weight is 574 g/mol. The zero-order valence-corrected chi connectivity index (χ0v) is 22.6. The van der Waals surface area contributed by atoms with Gasteiger partial charge in [0.2, 0.25) is 10.0 Å². The van der Waals surface area contributed by atoms with Gasteiger partial charge in [-0.15, -0.1) is 35.3 Å². The number of aromatic nitrogens is 1. The van der Waals surface area contributed by atoms with E-state index < -0.39 is 10.0 Å². The summed E-state index contributed by atoms with van der Waals surface area (Å²) in [4.78, 5) is 12.7. The van der Waals surface area contributed by atoms with Gasteiger partial charge in [0, 0.05) is 50.6 Å². The number of sulfonamides is 1. The van der Waals surface area contributed by atoms with Crippen LogP contribution in [0.1, 0.15) is 36.3 Å². The first-order valence-electron chi connectivity index (χ1n) is 10.3. The van der Waals surface area contributed by atoms with E-state index in [1.54, 1.807) is 15.6 Å². The van der Waals surface area contributed by atoms with Crippen LogP contribution in [-0.4, -0.2) is 86.3 Å². The van der Waals surface area contributed by atoms with Gasteiger partial charge >= 0.3 is 0 Å². The van der Waals surface area contributed by atoms with Crippen molar-refractivity contribution in [2.75, 3.05) is 51.6 Å². The molecule has 11 heteroatoms. The van der Waals surface area contributed by atoms with Crippen molar-refractivity contribution < 1.29 is 13.2 Å². The van der Waals surface area contributed by atoms with Crippen LogP contribution in [0.15, 0.2) is 4.99 Å². The number of aryl methyl sites for hydroxylation is 2. The van der Waals surface area contributed by atoms with Crippen molar-refractivity contribution in [3.63, 3.8) is 0 Å². The molecule has 0 atom stereocenters. The zero-order valence-electron chi connectivity index (χ0n) is 18.7. The van der Waals surface area contributed by atoms with E-state index in [-0.39, 0.29) is 42.4 Å². The standard InChI is InChI=1S/C19H35N5O3S2.HI/c1-6-20-19(21-8-7-18-16(4)22-17(5)28-18)23-9-11-24(12-10-23)29(25,26)14-13-27-15(2)3;/h15H,6-14H2,1-5H3,(H,20,21);1H. The highest BCUT2D eigenvalue weighted by Crippen LogP contribution is 2.17. The molecule has 0 unspecified atom stereocenters. The molecule has 8 nitrogen and oxygen atoms in total. The van der Waals surface area contributed by atoms with E-state index in [2.05, 4.69) is 15.2 Å². The van der Waals surface area contributed by atoms with E-state index in [4.69, 9.17) is 9.73 Å². The maximum atomic E-state index is 12.5. The molecule has 1 fully saturated rings. The third-order valence-electron chi connectivity index (χ3n) is 4.66. The minimum absolute atomic E-state index is 0. The number of nitrogens with one attached hydrogen (secondary N) is 1. The molecule has 174 valence electrons. The lowest BCUT2D eigenvalue weighted by molar-refractivity contribution is 0.0904. The maximum Gasteiger partial charge on any atom is 0.216 e. The number of rotatable bonds is 9. The van der Waals surface area contributed by atoms with Gasteiger partial charge in [-0.3, -0.25) is 4.99 Å². The molecule has 1 aliphatic rings. The minimum Gasteiger partial charge on any atom is -0.378 e. The Hall–Kier alpha value is -0.500. The lowest BCUT2D eigenvalue weighted by Gasteiger charge is -2.35. The summed E-state index contributed by atoms with van der Waals surface area (Å²) in [6.45, 7) is 13.8. The van der Waals surface area contributed by atoms with Crippen molar-refractivity contribution in [1.82, 2.24) is 19.5 Å². The highest BCUT2D eigenvalue weighted by atomic mass is 127. The second-order valence-electron chi connectivity index (χ2n) is 7.35. The molecule has 1 N–H and O–H groups in total. The van der Waals surface area contributed by atoms with Gasteiger partial charge in [0.25, 0.3) is 0 Å². The van der Waals surface area contributed by atoms with Crippen molar-refractivity contribution in [2.45, 2.75) is 47.1 Å². The Morgan fingerprint density at radius 1 is 1.27 bits per heavy atom. The number of aliphatic imine (C=N–C) groups is 1. The van der Waals surface area contributed by atoms with Crippen LogP contribution in [0.25, 0.3) is 0 Å². The summed E-state index contributed by atoms with van der Waals surface area (Å²) in [5.41, 5.74) is 1.09. The number of halogens is 1. The van der Waals surface area contributed by atoms with Crippen LogP contribution in [0, 0.1) is 13.8 Å². The quantitative estimate of drug-likeness (QED) is 0.277. The average Bonchev–Trinajstić information content (AvgIpc) is 2.98. The van der Waals surface area contributed by atoms with Gasteiger partial charge in [-0.2, -0.15) is 4.31 Å². The molecule has 0 aromatic carbocycles. The minimum atomic E-state index is -3.28. The fourth-order valence-electron chi connectivity index (χ4n) is 3.19. The van der Waals surface area contributed by atoms with Crippen molar-refractivity contribution in [3.8, 4) is 0 Å². The molecule has 1 aliphatic heterocycles. The van der Waals surface area contributed by atoms with Crippen molar-refractivity contribution >= 4 is 51.3 Å². The van der Waals surface area contributed by atoms with Crippen LogP contribution in [0.2, 0.25) is 0 Å². The molecule has 0 amide bonds. The van der Waals surface area contributed by atoms with Crippen LogP contribution in [0.4, 0.5) is 0 Å². The second kappa shape index (κ2) is 13.1. The van der Waals surface area contributed by atoms with Gasteiger partial charge in [-0.1, -0.05) is 0 Å². The normalized spacial score (nSPS) is 16.1. The summed E-state index contributed by atoms with van der Waals surface area (Å²) in [7, 11) is -3.28. The largest absolute Gasteiger partial charge is 0.378 e. The van der Waals surface area contributed by atoms with E-state index in [1.165, 1.54) is 4.88 Å². The third kappa shape index (κ3) is 8.56. The lowest BCUT2D eigenvalue weighted by atomic mass is 10.3. The molecule has 0 bridgehead atoms. The van der Waals surface area contributed by atoms with Gasteiger partial charge in [0.05, 0.1) is 29.2 Å². The molecule has 2 rings (SSSR count). The van der Waals surface area contributed by atoms with E-state index >= 15 is 0 Å². The number of hydrogen-bond acceptors (Lipinski definition) is 6. The first kappa shape index (κ1) is 27.5. The summed E-state index contributed by atoms with van der Waals surface area (Å²) in [6, 6.07) is 0. The topological polar surface area (TPSA) is 87.1 Å². The van der Waals surface area contributed by atoms with Gasteiger partial charge in [0.15, 0.2) is 5.96 Å². The van der Waals surface area contributed by atoms with E-state index in [9.17, 15) is 8.42 Å². The Morgan fingerprint density at radius 3 is 2.47 bits per heavy atom. The van der Waals surface area contributed by atoms with Gasteiger partial charge in [-0.25, -0.2) is 13.4 Å². The monoisotopic (exact) mass is 573 g/mol. The molecule has 1 saturated heterocycles. The molecule has 0 saturated carbocycles. The molecule has 1 aromatic rings. The molecular weight excluding hydrogens is 537 g/mol. The highest BCUT2D eigenvalue weighted by molar-refractivity contribution is 14.0. The maximum absolute atomic E-state index is 12.5. The number of ether oxygens (including phenoxy) is 1. The van der Waals surface area contributed by atoms with E-state index in [0.29, 0.717) is 32.7 Å². The first-order valence-corrected chi connectivity index (χ1v) is 12.7. The van der Waals surface area contributed by atoms with Crippen LogP contribution in [-0.2, 0) is 21.2 Å². The number of nitrogens with zero attached hydrogens (tertiary/aromatic N) is 4. The number of piperazine rings is 1. The van der Waals surface area contributed by atoms with E-state index in [0.717, 1.165) is 29.6 Å². The second-order valence-corrected chi connectivity index (χ2v) is 10.7. The Labute approximate surface area is 202 Å². The Morgan fingerprint density at radius 2 is 1.93 bits per heavy atom. The summed E-state index contributed by atoms with van der Waals surface area (Å²) in [5, 5.41) is 4.42. The van der Waals surface area contributed by atoms with Crippen molar-refractivity contribution in [2.24, 2.45) is 4.99 Å². The summed E-state index contributed by atoms with van der Waals surface area (Å²) in [5.74, 6) is 0.888. The number of thiazole rings is 1. The predicted octanol–water partition coefficient (Wildman–Crippen LogP) is 2.26.